The fourth-order valence-electron chi connectivity index (χ4n) is 2.56. The van der Waals surface area contributed by atoms with Crippen LogP contribution < -0.4 is 9.47 Å². The first-order valence-corrected chi connectivity index (χ1v) is 7.97. The lowest BCUT2D eigenvalue weighted by atomic mass is 9.85. The molecule has 1 atom stereocenters. The fraction of sp³-hybridized carbons (Fsp3) is 0.458. The minimum absolute atomic E-state index is 0.480. The van der Waals surface area contributed by atoms with Gasteiger partial charge in [-0.25, -0.2) is 0 Å². The lowest BCUT2D eigenvalue weighted by molar-refractivity contribution is 0.0895. The third-order valence-corrected chi connectivity index (χ3v) is 3.82. The van der Waals surface area contributed by atoms with E-state index in [-0.39, 0.29) is 0 Å². The van der Waals surface area contributed by atoms with Gasteiger partial charge in [-0.3, -0.25) is 9.69 Å². The van der Waals surface area contributed by atoms with E-state index in [0.717, 1.165) is 12.1 Å². The van der Waals surface area contributed by atoms with Gasteiger partial charge in [0.25, 0.3) is 0 Å². The molecule has 0 aromatic heterocycles. The number of ketones is 1. The van der Waals surface area contributed by atoms with Crippen LogP contribution in [0.3, 0.4) is 0 Å². The van der Waals surface area contributed by atoms with Crippen LogP contribution in [0.2, 0.25) is 0 Å². The Hall–Kier alpha value is -2.33. The molecule has 0 saturated carbocycles. The quantitative estimate of drug-likeness (QED) is 0.719. The van der Waals surface area contributed by atoms with Crippen LogP contribution >= 0.6 is 0 Å². The Kier molecular flexibility index (Phi) is 1.75. The summed E-state index contributed by atoms with van der Waals surface area (Å²) in [5, 5.41) is 0. The van der Waals surface area contributed by atoms with Crippen LogP contribution in [0, 0.1) is 11.8 Å². The molecule has 28 heavy (non-hydrogen) atoms. The summed E-state index contributed by atoms with van der Waals surface area (Å²) in [5.74, 6) is -12.5. The smallest absolute Gasteiger partial charge is 0.166 e. The summed E-state index contributed by atoms with van der Waals surface area (Å²) < 4.78 is 203. The Morgan fingerprint density at radius 2 is 1.93 bits per heavy atom. The standard InChI is InChI=1S/C24H29NO3/c1-27-22-14-19-13-20(24(26)21(19)15-23(22)28-2)12-17-8-10-25(11-9-17)16-18-6-4-3-5-7-18/h3-7,14-15,17,20H,8-13,16H2,1-2H3/i1D3,2D3,8D2,9D2,10D2,11D2,12D2,13D2,14D,15D,16D2,17D. The second-order valence-electron chi connectivity index (χ2n) is 5.61. The number of carbonyl (C=O) groups is 1. The number of carbonyl (C=O) groups excluding carboxylic acids is 1. The Bertz CT molecular complexity index is 1700. The Balaban J connectivity index is 2.04. The Morgan fingerprint density at radius 3 is 2.64 bits per heavy atom. The summed E-state index contributed by atoms with van der Waals surface area (Å²) >= 11 is 0. The van der Waals surface area contributed by atoms with Crippen LogP contribution in [0.25, 0.3) is 0 Å². The first-order valence-electron chi connectivity index (χ1n) is 19.5. The van der Waals surface area contributed by atoms with Crippen LogP contribution in [0.5, 0.6) is 11.5 Å². The Morgan fingerprint density at radius 1 is 1.21 bits per heavy atom. The van der Waals surface area contributed by atoms with Gasteiger partial charge < -0.3 is 9.47 Å². The molecular weight excluding hydrogens is 350 g/mol. The number of fused-ring (bicyclic) bond motifs is 1. The van der Waals surface area contributed by atoms with Crippen LogP contribution in [-0.2, 0) is 12.9 Å². The normalized spacial score (nSPS) is 44.4. The van der Waals surface area contributed by atoms with Gasteiger partial charge in [0.15, 0.2) is 17.3 Å². The highest BCUT2D eigenvalue weighted by molar-refractivity contribution is 6.02. The molecule has 2 aromatic rings. The molecule has 0 spiro atoms. The van der Waals surface area contributed by atoms with E-state index >= 15 is 0 Å². The first-order chi connectivity index (χ1) is 22.5. The predicted octanol–water partition coefficient (Wildman–Crippen LogP) is 4.36. The molecule has 2 aromatic carbocycles. The zero-order valence-electron chi connectivity index (χ0n) is 37.1. The highest BCUT2D eigenvalue weighted by Crippen LogP contribution is 2.39. The molecule has 1 fully saturated rings. The van der Waals surface area contributed by atoms with Crippen molar-refractivity contribution < 1.29 is 45.8 Å². The summed E-state index contributed by atoms with van der Waals surface area (Å²) in [6, 6.07) is 3.14. The van der Waals surface area contributed by atoms with Crippen LogP contribution in [0.4, 0.5) is 0 Å². The molecule has 1 unspecified atom stereocenters. The maximum Gasteiger partial charge on any atom is 0.166 e. The highest BCUT2D eigenvalue weighted by Gasteiger charge is 2.34. The molecule has 1 heterocycles. The van der Waals surface area contributed by atoms with E-state index in [1.807, 2.05) is 0 Å². The number of methoxy groups -OCH3 is 2. The van der Waals surface area contributed by atoms with E-state index < -0.39 is 122 Å². The van der Waals surface area contributed by atoms with Crippen molar-refractivity contribution in [2.45, 2.75) is 32.0 Å². The molecular formula is C24H29NO3. The van der Waals surface area contributed by atoms with Gasteiger partial charge in [-0.1, -0.05) is 30.3 Å². The van der Waals surface area contributed by atoms with Crippen LogP contribution in [0.15, 0.2) is 42.4 Å². The average Bonchev–Trinajstić information content (AvgIpc) is 3.15. The number of rotatable bonds is 6. The minimum Gasteiger partial charge on any atom is -0.493 e. The van der Waals surface area contributed by atoms with Gasteiger partial charge in [0, 0.05) is 38.5 Å². The second-order valence-corrected chi connectivity index (χ2v) is 5.61. The van der Waals surface area contributed by atoms with Gasteiger partial charge in [-0.2, -0.15) is 0 Å². The molecule has 2 aliphatic rings. The second kappa shape index (κ2) is 8.36. The Labute approximate surface area is 199 Å². The number of hydrogen-bond acceptors (Lipinski definition) is 4. The lowest BCUT2D eigenvalue weighted by Gasteiger charge is -2.32. The molecule has 1 aliphatic carbocycles. The zero-order chi connectivity index (χ0) is 39.7. The topological polar surface area (TPSA) is 38.8 Å². The molecule has 4 nitrogen and oxygen atoms in total. The van der Waals surface area contributed by atoms with Gasteiger partial charge in [0.05, 0.1) is 25.0 Å². The van der Waals surface area contributed by atoms with E-state index in [0.29, 0.717) is 0 Å². The van der Waals surface area contributed by atoms with Crippen molar-refractivity contribution in [2.75, 3.05) is 27.1 Å². The SMILES string of the molecule is [2H]c1c(OC([2H])([2H])[2H])c(OC([2H])([2H])[2H])c([2H])c2c1C(=O)C(C([2H])([2H])C1([2H])C([2H])([2H])C([2H])([2H])N(C([2H])([2H])c3ccccc3)C([2H])([2H])C1([2H])[2H])C2([2H])[2H]. The number of ether oxygens (including phenoxy) is 2. The van der Waals surface area contributed by atoms with Gasteiger partial charge in [0.2, 0.25) is 0 Å². The minimum atomic E-state index is -4.54. The molecule has 1 aliphatic heterocycles. The van der Waals surface area contributed by atoms with Crippen molar-refractivity contribution in [3.63, 3.8) is 0 Å². The number of nitrogens with zero attached hydrogens (tertiary/aromatic N) is 1. The average molecular weight is 403 g/mol. The van der Waals surface area contributed by atoms with Crippen LogP contribution in [0.1, 0.15) is 72.1 Å². The summed E-state index contributed by atoms with van der Waals surface area (Å²) in [7, 11) is -7.02. The summed E-state index contributed by atoms with van der Waals surface area (Å²) in [4.78, 5) is 13.6. The fourth-order valence-corrected chi connectivity index (χ4v) is 2.56. The number of piperidine rings is 1. The maximum absolute atomic E-state index is 14.1. The molecule has 4 rings (SSSR count). The maximum atomic E-state index is 14.1. The van der Waals surface area contributed by atoms with Gasteiger partial charge in [-0.05, 0) is 67.6 Å². The van der Waals surface area contributed by atoms with Gasteiger partial charge in [0.1, 0.15) is 0 Å². The van der Waals surface area contributed by atoms with Gasteiger partial charge >= 0.3 is 0 Å². The van der Waals surface area contributed by atoms with Crippen molar-refractivity contribution >= 4 is 5.78 Å². The number of hydrogen-bond donors (Lipinski definition) is 0. The summed E-state index contributed by atoms with van der Waals surface area (Å²) in [5.41, 5.74) is -3.14. The molecule has 0 N–H and O–H groups in total. The van der Waals surface area contributed by atoms with Crippen LogP contribution in [-0.4, -0.2) is 37.8 Å². The summed E-state index contributed by atoms with van der Waals surface area (Å²) in [6.07, 6.45) is -16.9. The van der Waals surface area contributed by atoms with Crippen molar-refractivity contribution in [1.82, 2.24) is 4.90 Å². The monoisotopic (exact) mass is 402 g/mol. The van der Waals surface area contributed by atoms with E-state index in [1.54, 1.807) is 0 Å². The zero-order valence-corrected chi connectivity index (χ0v) is 14.1. The third-order valence-electron chi connectivity index (χ3n) is 3.82. The van der Waals surface area contributed by atoms with E-state index in [2.05, 4.69) is 9.47 Å². The van der Waals surface area contributed by atoms with E-state index in [9.17, 15) is 4.79 Å². The van der Waals surface area contributed by atoms with Gasteiger partial charge in [-0.15, -0.1) is 0 Å². The molecule has 0 radical (unpaired) electrons. The third kappa shape index (κ3) is 3.93. The molecule has 0 bridgehead atoms. The van der Waals surface area contributed by atoms with Crippen molar-refractivity contribution in [3.8, 4) is 11.5 Å². The first kappa shape index (κ1) is 5.85. The molecule has 148 valence electrons. The lowest BCUT2D eigenvalue weighted by Crippen LogP contribution is -2.34. The van der Waals surface area contributed by atoms with Crippen molar-refractivity contribution in [3.05, 3.63) is 59.1 Å². The predicted molar refractivity (Wildman–Crippen MR) is 110 cm³/mol. The number of likely N-dealkylation sites (tertiary alicyclic amines) is 1. The number of Topliss-reactive ketones (excluding diaryl/α,β-unsaturated/α-hetero) is 1. The molecule has 4 heteroatoms. The van der Waals surface area contributed by atoms with Crippen molar-refractivity contribution in [2.24, 2.45) is 11.8 Å². The molecule has 0 amide bonds. The van der Waals surface area contributed by atoms with Crippen molar-refractivity contribution in [1.29, 1.82) is 0 Å². The summed E-state index contributed by atoms with van der Waals surface area (Å²) in [6.45, 7) is -11.8. The largest absolute Gasteiger partial charge is 0.493 e. The van der Waals surface area contributed by atoms with E-state index in [4.69, 9.17) is 31.5 Å². The van der Waals surface area contributed by atoms with E-state index in [1.165, 1.54) is 18.2 Å². The molecule has 1 saturated heterocycles. The number of benzene rings is 2. The highest BCUT2D eigenvalue weighted by atomic mass is 16.5.